The topological polar surface area (TPSA) is 77.2 Å². The maximum absolute atomic E-state index is 11.3. The smallest absolute Gasteiger partial charge is 0.307 e. The zero-order chi connectivity index (χ0) is 13.0. The second-order valence-electron chi connectivity index (χ2n) is 4.71. The highest BCUT2D eigenvalue weighted by Crippen LogP contribution is 2.36. The van der Waals surface area contributed by atoms with Crippen molar-refractivity contribution in [2.24, 2.45) is 5.92 Å². The van der Waals surface area contributed by atoms with Crippen molar-refractivity contribution in [1.29, 1.82) is 0 Å². The zero-order valence-corrected chi connectivity index (χ0v) is 10.6. The van der Waals surface area contributed by atoms with E-state index in [1.807, 2.05) is 4.57 Å². The lowest BCUT2D eigenvalue weighted by Gasteiger charge is -2.27. The lowest BCUT2D eigenvalue weighted by atomic mass is 9.78. The van der Waals surface area contributed by atoms with Gasteiger partial charge in [-0.15, -0.1) is 10.2 Å². The molecule has 0 bridgehead atoms. The fraction of sp³-hybridized carbons (Fsp3) is 0.750. The minimum atomic E-state index is -0.721. The van der Waals surface area contributed by atoms with Crippen LogP contribution >= 0.6 is 0 Å². The predicted octanol–water partition coefficient (Wildman–Crippen LogP) is 1.28. The van der Waals surface area contributed by atoms with Crippen molar-refractivity contribution in [1.82, 2.24) is 14.8 Å². The molecule has 1 N–H and O–H groups in total. The number of aliphatic carboxylic acids is 1. The molecule has 100 valence electrons. The summed E-state index contributed by atoms with van der Waals surface area (Å²) in [4.78, 5) is 11.3. The van der Waals surface area contributed by atoms with Crippen LogP contribution in [0.5, 0.6) is 0 Å². The van der Waals surface area contributed by atoms with Gasteiger partial charge in [0.25, 0.3) is 0 Å². The molecule has 2 atom stereocenters. The number of ether oxygens (including phenoxy) is 1. The second-order valence-corrected chi connectivity index (χ2v) is 4.71. The minimum Gasteiger partial charge on any atom is -0.481 e. The Labute approximate surface area is 106 Å². The Kier molecular flexibility index (Phi) is 4.30. The summed E-state index contributed by atoms with van der Waals surface area (Å²) in [6.45, 7) is 1.25. The predicted molar refractivity (Wildman–Crippen MR) is 64.2 cm³/mol. The van der Waals surface area contributed by atoms with Crippen LogP contribution in [0.1, 0.15) is 37.4 Å². The van der Waals surface area contributed by atoms with Gasteiger partial charge in [-0.3, -0.25) is 4.79 Å². The third-order valence-electron chi connectivity index (χ3n) is 3.60. The van der Waals surface area contributed by atoms with E-state index in [0.29, 0.717) is 13.2 Å². The van der Waals surface area contributed by atoms with Gasteiger partial charge >= 0.3 is 5.97 Å². The third kappa shape index (κ3) is 2.69. The van der Waals surface area contributed by atoms with Crippen molar-refractivity contribution in [3.63, 3.8) is 0 Å². The van der Waals surface area contributed by atoms with E-state index >= 15 is 0 Å². The van der Waals surface area contributed by atoms with E-state index in [2.05, 4.69) is 10.2 Å². The molecule has 0 radical (unpaired) electrons. The lowest BCUT2D eigenvalue weighted by Crippen LogP contribution is -2.28. The van der Waals surface area contributed by atoms with Gasteiger partial charge in [0, 0.05) is 19.6 Å². The number of aromatic nitrogens is 3. The fourth-order valence-corrected chi connectivity index (χ4v) is 2.65. The molecule has 1 aromatic rings. The summed E-state index contributed by atoms with van der Waals surface area (Å²) in [5.41, 5.74) is 0. The van der Waals surface area contributed by atoms with Crippen LogP contribution in [0.2, 0.25) is 0 Å². The molecule has 0 spiro atoms. The lowest BCUT2D eigenvalue weighted by molar-refractivity contribution is -0.143. The maximum Gasteiger partial charge on any atom is 0.307 e. The number of carboxylic acid groups (broad SMARTS) is 1. The van der Waals surface area contributed by atoms with Crippen LogP contribution in [0.25, 0.3) is 0 Å². The molecule has 6 nitrogen and oxygen atoms in total. The molecule has 1 aliphatic carbocycles. The largest absolute Gasteiger partial charge is 0.481 e. The summed E-state index contributed by atoms with van der Waals surface area (Å²) in [6, 6.07) is 0. The number of hydrogen-bond donors (Lipinski definition) is 1. The number of methoxy groups -OCH3 is 1. The van der Waals surface area contributed by atoms with Gasteiger partial charge in [-0.1, -0.05) is 12.8 Å². The second kappa shape index (κ2) is 5.95. The minimum absolute atomic E-state index is 0.0180. The average Bonchev–Trinajstić information content (AvgIpc) is 2.84. The first kappa shape index (κ1) is 13.0. The highest BCUT2D eigenvalue weighted by atomic mass is 16.5. The van der Waals surface area contributed by atoms with E-state index in [1.165, 1.54) is 0 Å². The van der Waals surface area contributed by atoms with Crippen molar-refractivity contribution >= 4 is 5.97 Å². The summed E-state index contributed by atoms with van der Waals surface area (Å²) < 4.78 is 6.95. The van der Waals surface area contributed by atoms with Gasteiger partial charge < -0.3 is 14.4 Å². The van der Waals surface area contributed by atoms with Crippen LogP contribution in [0, 0.1) is 5.92 Å². The van der Waals surface area contributed by atoms with Gasteiger partial charge in [0.2, 0.25) is 0 Å². The van der Waals surface area contributed by atoms with E-state index in [0.717, 1.165) is 31.5 Å². The normalized spacial score (nSPS) is 24.1. The molecule has 1 fully saturated rings. The zero-order valence-electron chi connectivity index (χ0n) is 10.6. The summed E-state index contributed by atoms with van der Waals surface area (Å²) in [7, 11) is 1.64. The average molecular weight is 253 g/mol. The van der Waals surface area contributed by atoms with Crippen molar-refractivity contribution < 1.29 is 14.6 Å². The molecular weight excluding hydrogens is 234 g/mol. The highest BCUT2D eigenvalue weighted by Gasteiger charge is 2.34. The molecule has 1 heterocycles. The van der Waals surface area contributed by atoms with Crippen LogP contribution in [0.3, 0.4) is 0 Å². The van der Waals surface area contributed by atoms with Gasteiger partial charge in [-0.25, -0.2) is 0 Å². The third-order valence-corrected chi connectivity index (χ3v) is 3.60. The summed E-state index contributed by atoms with van der Waals surface area (Å²) in [5.74, 6) is -0.278. The number of carboxylic acids is 1. The maximum atomic E-state index is 11.3. The monoisotopic (exact) mass is 253 g/mol. The molecule has 0 aliphatic heterocycles. The van der Waals surface area contributed by atoms with E-state index in [9.17, 15) is 9.90 Å². The number of nitrogens with zero attached hydrogens (tertiary/aromatic N) is 3. The van der Waals surface area contributed by atoms with E-state index in [1.54, 1.807) is 13.4 Å². The first-order valence-electron chi connectivity index (χ1n) is 6.33. The van der Waals surface area contributed by atoms with Gasteiger partial charge in [-0.05, 0) is 12.8 Å². The van der Waals surface area contributed by atoms with Crippen molar-refractivity contribution in [2.45, 2.75) is 38.1 Å². The quantitative estimate of drug-likeness (QED) is 0.855. The molecule has 1 aliphatic rings. The van der Waals surface area contributed by atoms with E-state index in [-0.39, 0.29) is 11.8 Å². The molecule has 0 aromatic carbocycles. The Morgan fingerprint density at radius 2 is 2.33 bits per heavy atom. The Morgan fingerprint density at radius 3 is 3.06 bits per heavy atom. The number of rotatable bonds is 5. The van der Waals surface area contributed by atoms with Crippen molar-refractivity contribution in [3.05, 3.63) is 12.2 Å². The number of hydrogen-bond acceptors (Lipinski definition) is 4. The van der Waals surface area contributed by atoms with Gasteiger partial charge in [0.1, 0.15) is 12.2 Å². The van der Waals surface area contributed by atoms with Crippen LogP contribution in [0.4, 0.5) is 0 Å². The van der Waals surface area contributed by atoms with Crippen molar-refractivity contribution in [2.75, 3.05) is 13.7 Å². The first-order chi connectivity index (χ1) is 8.74. The Balaban J connectivity index is 2.17. The summed E-state index contributed by atoms with van der Waals surface area (Å²) in [6.07, 6.45) is 5.31. The van der Waals surface area contributed by atoms with Crippen molar-refractivity contribution in [3.8, 4) is 0 Å². The first-order valence-corrected chi connectivity index (χ1v) is 6.33. The van der Waals surface area contributed by atoms with Gasteiger partial charge in [0.05, 0.1) is 12.5 Å². The summed E-state index contributed by atoms with van der Waals surface area (Å²) >= 11 is 0. The SMILES string of the molecule is COCCn1cnnc1C1CCCCC1C(=O)O. The molecule has 0 amide bonds. The number of carbonyl (C=O) groups is 1. The van der Waals surface area contributed by atoms with Crippen LogP contribution in [-0.2, 0) is 16.1 Å². The molecule has 1 saturated carbocycles. The molecule has 2 rings (SSSR count). The van der Waals surface area contributed by atoms with E-state index in [4.69, 9.17) is 4.74 Å². The van der Waals surface area contributed by atoms with Gasteiger partial charge in [-0.2, -0.15) is 0 Å². The summed E-state index contributed by atoms with van der Waals surface area (Å²) in [5, 5.41) is 17.3. The Morgan fingerprint density at radius 1 is 1.56 bits per heavy atom. The van der Waals surface area contributed by atoms with Crippen LogP contribution in [0.15, 0.2) is 6.33 Å². The molecule has 1 aromatic heterocycles. The highest BCUT2D eigenvalue weighted by molar-refractivity contribution is 5.71. The Bertz CT molecular complexity index is 405. The molecule has 6 heteroatoms. The fourth-order valence-electron chi connectivity index (χ4n) is 2.65. The molecule has 18 heavy (non-hydrogen) atoms. The van der Waals surface area contributed by atoms with Gasteiger partial charge in [0.15, 0.2) is 0 Å². The van der Waals surface area contributed by atoms with Crippen LogP contribution < -0.4 is 0 Å². The standard InChI is InChI=1S/C12H19N3O3/c1-18-7-6-15-8-13-14-11(15)9-4-2-3-5-10(9)12(16)17/h8-10H,2-7H2,1H3,(H,16,17). The Hall–Kier alpha value is -1.43. The molecular formula is C12H19N3O3. The molecule has 0 saturated heterocycles. The van der Waals surface area contributed by atoms with E-state index < -0.39 is 5.97 Å². The van der Waals surface area contributed by atoms with Crippen LogP contribution in [-0.4, -0.2) is 39.6 Å². The molecule has 2 unspecified atom stereocenters.